The molecule has 1 atom stereocenters. The van der Waals surface area contributed by atoms with Crippen LogP contribution in [0.15, 0.2) is 0 Å². The van der Waals surface area contributed by atoms with Crippen molar-refractivity contribution in [1.29, 1.82) is 0 Å². The molecule has 1 saturated carbocycles. The van der Waals surface area contributed by atoms with Gasteiger partial charge in [0.25, 0.3) is 0 Å². The molecule has 1 aliphatic carbocycles. The molecule has 1 amide bonds. The van der Waals surface area contributed by atoms with Crippen molar-refractivity contribution in [3.05, 3.63) is 0 Å². The second-order valence-electron chi connectivity index (χ2n) is 5.01. The van der Waals surface area contributed by atoms with E-state index < -0.39 is 0 Å². The van der Waals surface area contributed by atoms with Crippen LogP contribution in [0.4, 0.5) is 0 Å². The molecule has 1 saturated heterocycles. The minimum Gasteiger partial charge on any atom is -0.339 e. The number of alkyl halides is 1. The maximum absolute atomic E-state index is 12.5. The van der Waals surface area contributed by atoms with Gasteiger partial charge in [-0.1, -0.05) is 22.4 Å². The van der Waals surface area contributed by atoms with E-state index in [9.17, 15) is 4.79 Å². The Morgan fingerprint density at radius 3 is 2.59 bits per heavy atom. The van der Waals surface area contributed by atoms with Crippen molar-refractivity contribution in [3.63, 3.8) is 0 Å². The van der Waals surface area contributed by atoms with E-state index in [1.165, 1.54) is 37.9 Å². The van der Waals surface area contributed by atoms with Gasteiger partial charge in [-0.3, -0.25) is 4.79 Å². The van der Waals surface area contributed by atoms with Gasteiger partial charge in [0, 0.05) is 17.9 Å². The summed E-state index contributed by atoms with van der Waals surface area (Å²) in [6.07, 6.45) is 8.47. The van der Waals surface area contributed by atoms with Crippen LogP contribution in [0, 0.1) is 0 Å². The molecule has 0 aromatic rings. The fourth-order valence-corrected chi connectivity index (χ4v) is 4.04. The Bertz CT molecular complexity index is 252. The maximum Gasteiger partial charge on any atom is 0.235 e. The van der Waals surface area contributed by atoms with Crippen LogP contribution in [0.2, 0.25) is 0 Å². The van der Waals surface area contributed by atoms with Crippen LogP contribution in [0.3, 0.4) is 0 Å². The molecule has 2 nitrogen and oxygen atoms in total. The molecule has 1 aliphatic heterocycles. The Labute approximate surface area is 117 Å². The van der Waals surface area contributed by atoms with E-state index in [0.717, 1.165) is 24.7 Å². The first-order valence-corrected chi connectivity index (χ1v) is 8.98. The number of amides is 1. The van der Waals surface area contributed by atoms with Crippen molar-refractivity contribution < 1.29 is 4.79 Å². The zero-order valence-corrected chi connectivity index (χ0v) is 12.8. The molecule has 4 heteroatoms. The monoisotopic (exact) mass is 319 g/mol. The zero-order chi connectivity index (χ0) is 12.1. The normalized spacial score (nSPS) is 25.4. The van der Waals surface area contributed by atoms with Gasteiger partial charge in [0.05, 0.1) is 5.25 Å². The summed E-state index contributed by atoms with van der Waals surface area (Å²) in [6.45, 7) is 0.950. The molecule has 2 rings (SSSR count). The van der Waals surface area contributed by atoms with Crippen LogP contribution in [0.1, 0.15) is 44.9 Å². The summed E-state index contributed by atoms with van der Waals surface area (Å²) in [6, 6.07) is 0.559. The zero-order valence-electron chi connectivity index (χ0n) is 10.4. The third-order valence-electron chi connectivity index (χ3n) is 3.79. The summed E-state index contributed by atoms with van der Waals surface area (Å²) in [5.74, 6) is 1.60. The van der Waals surface area contributed by atoms with Crippen molar-refractivity contribution in [1.82, 2.24) is 4.90 Å². The van der Waals surface area contributed by atoms with E-state index in [1.54, 1.807) is 0 Å². The number of carbonyl (C=O) groups excluding carboxylic acids is 1. The smallest absolute Gasteiger partial charge is 0.235 e. The second-order valence-corrected chi connectivity index (χ2v) is 7.12. The van der Waals surface area contributed by atoms with E-state index in [2.05, 4.69) is 20.8 Å². The molecular weight excluding hydrogens is 298 g/mol. The molecule has 1 unspecified atom stereocenters. The number of hydrogen-bond acceptors (Lipinski definition) is 2. The van der Waals surface area contributed by atoms with Gasteiger partial charge in [-0.05, 0) is 44.3 Å². The van der Waals surface area contributed by atoms with Crippen LogP contribution in [-0.2, 0) is 4.79 Å². The van der Waals surface area contributed by atoms with Crippen LogP contribution in [0.25, 0.3) is 0 Å². The summed E-state index contributed by atoms with van der Waals surface area (Å²) in [4.78, 5) is 14.7. The van der Waals surface area contributed by atoms with Gasteiger partial charge in [0.2, 0.25) is 5.91 Å². The molecule has 2 aliphatic rings. The summed E-state index contributed by atoms with van der Waals surface area (Å²) >= 11 is 5.35. The van der Waals surface area contributed by atoms with Gasteiger partial charge in [-0.15, -0.1) is 11.8 Å². The summed E-state index contributed by atoms with van der Waals surface area (Å²) in [7, 11) is 0. The molecular formula is C13H22BrNOS. The fraction of sp³-hybridized carbons (Fsp3) is 0.923. The quantitative estimate of drug-likeness (QED) is 0.723. The average Bonchev–Trinajstić information content (AvgIpc) is 2.32. The standard InChI is InChI=1S/C13H22BrNOS/c14-8-4-9-15(11-5-3-6-11)13(16)12-7-1-2-10-17-12/h11-12H,1-10H2. The van der Waals surface area contributed by atoms with Gasteiger partial charge < -0.3 is 4.90 Å². The first-order valence-electron chi connectivity index (χ1n) is 6.81. The third kappa shape index (κ3) is 3.63. The summed E-state index contributed by atoms with van der Waals surface area (Å²) in [5, 5.41) is 1.26. The average molecular weight is 320 g/mol. The van der Waals surface area contributed by atoms with E-state index in [4.69, 9.17) is 0 Å². The molecule has 17 heavy (non-hydrogen) atoms. The second kappa shape index (κ2) is 7.03. The molecule has 98 valence electrons. The molecule has 0 spiro atoms. The lowest BCUT2D eigenvalue weighted by molar-refractivity contribution is -0.134. The van der Waals surface area contributed by atoms with Crippen molar-refractivity contribution >= 4 is 33.6 Å². The fourth-order valence-electron chi connectivity index (χ4n) is 2.52. The van der Waals surface area contributed by atoms with E-state index >= 15 is 0 Å². The molecule has 1 heterocycles. The Morgan fingerprint density at radius 2 is 2.06 bits per heavy atom. The topological polar surface area (TPSA) is 20.3 Å². The Kier molecular flexibility index (Phi) is 5.67. The number of thioether (sulfide) groups is 1. The van der Waals surface area contributed by atoms with E-state index in [1.807, 2.05) is 11.8 Å². The molecule has 0 aromatic carbocycles. The van der Waals surface area contributed by atoms with Crippen LogP contribution >= 0.6 is 27.7 Å². The number of carbonyl (C=O) groups is 1. The lowest BCUT2D eigenvalue weighted by Gasteiger charge is -2.40. The highest BCUT2D eigenvalue weighted by atomic mass is 79.9. The molecule has 0 aromatic heterocycles. The SMILES string of the molecule is O=C(C1CCCCS1)N(CCCBr)C1CCC1. The van der Waals surface area contributed by atoms with Gasteiger partial charge in [-0.25, -0.2) is 0 Å². The highest BCUT2D eigenvalue weighted by molar-refractivity contribution is 9.09. The Balaban J connectivity index is 1.90. The van der Waals surface area contributed by atoms with Crippen LogP contribution < -0.4 is 0 Å². The van der Waals surface area contributed by atoms with Gasteiger partial charge in [0.15, 0.2) is 0 Å². The molecule has 0 bridgehead atoms. The molecule has 0 radical (unpaired) electrons. The van der Waals surface area contributed by atoms with Crippen molar-refractivity contribution in [2.75, 3.05) is 17.6 Å². The lowest BCUT2D eigenvalue weighted by Crippen LogP contribution is -2.48. The predicted molar refractivity (Wildman–Crippen MR) is 77.9 cm³/mol. The number of hydrogen-bond donors (Lipinski definition) is 0. The Hall–Kier alpha value is 0.300. The molecule has 0 N–H and O–H groups in total. The van der Waals surface area contributed by atoms with Crippen molar-refractivity contribution in [2.45, 2.75) is 56.2 Å². The molecule has 2 fully saturated rings. The van der Waals surface area contributed by atoms with Crippen LogP contribution in [0.5, 0.6) is 0 Å². The minimum atomic E-state index is 0.264. The highest BCUT2D eigenvalue weighted by Gasteiger charge is 2.33. The van der Waals surface area contributed by atoms with Gasteiger partial charge >= 0.3 is 0 Å². The van der Waals surface area contributed by atoms with Crippen molar-refractivity contribution in [2.24, 2.45) is 0 Å². The van der Waals surface area contributed by atoms with Gasteiger partial charge in [0.1, 0.15) is 0 Å². The number of rotatable bonds is 5. The van der Waals surface area contributed by atoms with E-state index in [-0.39, 0.29) is 5.25 Å². The summed E-state index contributed by atoms with van der Waals surface area (Å²) in [5.41, 5.74) is 0. The third-order valence-corrected chi connectivity index (χ3v) is 5.71. The highest BCUT2D eigenvalue weighted by Crippen LogP contribution is 2.31. The van der Waals surface area contributed by atoms with Gasteiger partial charge in [-0.2, -0.15) is 0 Å². The predicted octanol–water partition coefficient (Wildman–Crippen LogP) is 3.44. The first-order chi connectivity index (χ1) is 8.33. The first kappa shape index (κ1) is 13.7. The Morgan fingerprint density at radius 1 is 1.24 bits per heavy atom. The van der Waals surface area contributed by atoms with Crippen molar-refractivity contribution in [3.8, 4) is 0 Å². The largest absolute Gasteiger partial charge is 0.339 e. The van der Waals surface area contributed by atoms with E-state index in [0.29, 0.717) is 11.9 Å². The summed E-state index contributed by atoms with van der Waals surface area (Å²) < 4.78 is 0. The van der Waals surface area contributed by atoms with Crippen LogP contribution in [-0.4, -0.2) is 39.7 Å². The minimum absolute atomic E-state index is 0.264. The lowest BCUT2D eigenvalue weighted by atomic mass is 9.91. The number of halogens is 1. The number of nitrogens with zero attached hydrogens (tertiary/aromatic N) is 1. The maximum atomic E-state index is 12.5.